The smallest absolute Gasteiger partial charge is 0.206 e. The third kappa shape index (κ3) is 4.64. The molecule has 0 aliphatic heterocycles. The zero-order valence-corrected chi connectivity index (χ0v) is 18.4. The molecule has 3 aromatic carbocycles. The molecule has 3 rings (SSSR count). The van der Waals surface area contributed by atoms with Gasteiger partial charge in [0.2, 0.25) is 0 Å². The van der Waals surface area contributed by atoms with Gasteiger partial charge in [-0.15, -0.1) is 0 Å². The van der Waals surface area contributed by atoms with Gasteiger partial charge in [0.25, 0.3) is 20.0 Å². The van der Waals surface area contributed by atoms with Crippen molar-refractivity contribution in [3.63, 3.8) is 0 Å². The summed E-state index contributed by atoms with van der Waals surface area (Å²) in [6, 6.07) is 23.5. The van der Waals surface area contributed by atoms with Gasteiger partial charge in [-0.3, -0.25) is 0 Å². The van der Waals surface area contributed by atoms with Crippen molar-refractivity contribution in [3.05, 3.63) is 96.6 Å². The first-order valence-corrected chi connectivity index (χ1v) is 12.7. The maximum absolute atomic E-state index is 13.7. The van der Waals surface area contributed by atoms with Gasteiger partial charge < -0.3 is 0 Å². The molecule has 0 saturated carbocycles. The zero-order chi connectivity index (χ0) is 21.6. The second-order valence-electron chi connectivity index (χ2n) is 6.93. The molecule has 0 bridgehead atoms. The van der Waals surface area contributed by atoms with E-state index < -0.39 is 26.1 Å². The Morgan fingerprint density at radius 1 is 0.667 bits per heavy atom. The molecule has 0 saturated heterocycles. The minimum absolute atomic E-state index is 0.0538. The summed E-state index contributed by atoms with van der Waals surface area (Å²) in [5, 5.41) is 0. The van der Waals surface area contributed by atoms with E-state index in [1.807, 2.05) is 13.0 Å². The molecule has 0 aromatic heterocycles. The molecule has 0 fully saturated rings. The average Bonchev–Trinajstić information content (AvgIpc) is 2.78. The van der Waals surface area contributed by atoms with E-state index in [1.54, 1.807) is 60.7 Å². The van der Waals surface area contributed by atoms with Gasteiger partial charge in [-0.1, -0.05) is 90.2 Å². The van der Waals surface area contributed by atoms with E-state index >= 15 is 0 Å². The topological polar surface area (TPSA) is 71.5 Å². The number of rotatable bonds is 9. The molecule has 0 radical (unpaired) electrons. The largest absolute Gasteiger partial charge is 0.256 e. The summed E-state index contributed by atoms with van der Waals surface area (Å²) < 4.78 is 55.4. The molecule has 3 aromatic rings. The molecule has 0 heterocycles. The molecule has 0 amide bonds. The van der Waals surface area contributed by atoms with Crippen LogP contribution in [-0.4, -0.2) is 20.5 Å². The van der Waals surface area contributed by atoms with Crippen molar-refractivity contribution in [1.29, 1.82) is 0 Å². The van der Waals surface area contributed by atoms with Gasteiger partial charge >= 0.3 is 0 Å². The lowest BCUT2D eigenvalue weighted by atomic mass is 10.0. The Kier molecular flexibility index (Phi) is 7.07. The van der Waals surface area contributed by atoms with Crippen molar-refractivity contribution < 1.29 is 16.8 Å². The van der Waals surface area contributed by atoms with E-state index in [0.29, 0.717) is 22.1 Å². The molecule has 1 atom stereocenters. The SMILES string of the molecule is CCCCC(c1ccccc1)N(S(=O)(=O)c1ccccc1)S(=O)(=O)c1ccccc1. The predicted octanol–water partition coefficient (Wildman–Crippen LogP) is 5.00. The Labute approximate surface area is 179 Å². The van der Waals surface area contributed by atoms with Crippen LogP contribution in [0.25, 0.3) is 0 Å². The number of unbranched alkanes of at least 4 members (excludes halogenated alkanes) is 1. The fourth-order valence-corrected chi connectivity index (χ4v) is 7.42. The first-order valence-electron chi connectivity index (χ1n) is 9.83. The Morgan fingerprint density at radius 3 is 1.47 bits per heavy atom. The number of benzene rings is 3. The minimum Gasteiger partial charge on any atom is -0.206 e. The summed E-state index contributed by atoms with van der Waals surface area (Å²) in [6.07, 6.45) is 1.89. The van der Waals surface area contributed by atoms with E-state index in [1.165, 1.54) is 24.3 Å². The van der Waals surface area contributed by atoms with E-state index in [4.69, 9.17) is 0 Å². The van der Waals surface area contributed by atoms with E-state index in [-0.39, 0.29) is 9.79 Å². The number of nitrogens with zero attached hydrogens (tertiary/aromatic N) is 1. The minimum atomic E-state index is -4.34. The van der Waals surface area contributed by atoms with E-state index in [9.17, 15) is 16.8 Å². The zero-order valence-electron chi connectivity index (χ0n) is 16.8. The summed E-state index contributed by atoms with van der Waals surface area (Å²) in [7, 11) is -8.68. The van der Waals surface area contributed by atoms with Crippen LogP contribution in [0.2, 0.25) is 0 Å². The first kappa shape index (κ1) is 22.2. The highest BCUT2D eigenvalue weighted by atomic mass is 32.3. The van der Waals surface area contributed by atoms with Crippen LogP contribution in [0.3, 0.4) is 0 Å². The summed E-state index contributed by atoms with van der Waals surface area (Å²) in [5.41, 5.74) is 0.643. The molecule has 0 spiro atoms. The van der Waals surface area contributed by atoms with Crippen LogP contribution in [0.15, 0.2) is 101 Å². The summed E-state index contributed by atoms with van der Waals surface area (Å²) >= 11 is 0. The van der Waals surface area contributed by atoms with Crippen molar-refractivity contribution in [2.75, 3.05) is 0 Å². The third-order valence-electron chi connectivity index (χ3n) is 4.83. The predicted molar refractivity (Wildman–Crippen MR) is 118 cm³/mol. The van der Waals surface area contributed by atoms with Crippen molar-refractivity contribution in [2.24, 2.45) is 0 Å². The molecule has 5 nitrogen and oxygen atoms in total. The van der Waals surface area contributed by atoms with Gasteiger partial charge in [0, 0.05) is 0 Å². The lowest BCUT2D eigenvalue weighted by Gasteiger charge is -2.30. The standard InChI is InChI=1S/C23H25NO4S2/c1-2-3-19-23(20-13-7-4-8-14-20)24(29(25,26)21-15-9-5-10-16-21)30(27,28)22-17-11-6-12-18-22/h4-18,23H,2-3,19H2,1H3. The normalized spacial score (nSPS) is 13.3. The molecule has 30 heavy (non-hydrogen) atoms. The van der Waals surface area contributed by atoms with Crippen LogP contribution in [0, 0.1) is 0 Å². The number of hydrogen-bond acceptors (Lipinski definition) is 4. The van der Waals surface area contributed by atoms with Crippen molar-refractivity contribution in [3.8, 4) is 0 Å². The van der Waals surface area contributed by atoms with Crippen LogP contribution >= 0.6 is 0 Å². The van der Waals surface area contributed by atoms with E-state index in [0.717, 1.165) is 6.42 Å². The summed E-state index contributed by atoms with van der Waals surface area (Å²) in [4.78, 5) is -0.108. The van der Waals surface area contributed by atoms with Crippen LogP contribution in [0.5, 0.6) is 0 Å². The van der Waals surface area contributed by atoms with Crippen LogP contribution in [0.1, 0.15) is 37.8 Å². The Bertz CT molecular complexity index is 1080. The van der Waals surface area contributed by atoms with Gasteiger partial charge in [0.05, 0.1) is 15.8 Å². The quantitative estimate of drug-likeness (QED) is 0.467. The highest BCUT2D eigenvalue weighted by molar-refractivity contribution is 8.04. The maximum atomic E-state index is 13.7. The summed E-state index contributed by atoms with van der Waals surface area (Å²) in [6.45, 7) is 1.99. The van der Waals surface area contributed by atoms with Gasteiger partial charge in [-0.25, -0.2) is 16.8 Å². The van der Waals surface area contributed by atoms with Gasteiger partial charge in [0.15, 0.2) is 0 Å². The van der Waals surface area contributed by atoms with E-state index in [2.05, 4.69) is 0 Å². The van der Waals surface area contributed by atoms with Gasteiger partial charge in [-0.05, 0) is 36.2 Å². The molecule has 7 heteroatoms. The number of sulfonamides is 2. The highest BCUT2D eigenvalue weighted by Crippen LogP contribution is 2.36. The van der Waals surface area contributed by atoms with Crippen molar-refractivity contribution >= 4 is 20.0 Å². The van der Waals surface area contributed by atoms with Crippen LogP contribution in [-0.2, 0) is 20.0 Å². The third-order valence-corrected chi connectivity index (χ3v) is 9.20. The Hall–Kier alpha value is -2.48. The maximum Gasteiger partial charge on any atom is 0.256 e. The number of hydrogen-bond donors (Lipinski definition) is 0. The molecule has 0 aliphatic rings. The lowest BCUT2D eigenvalue weighted by molar-refractivity contribution is 0.401. The van der Waals surface area contributed by atoms with Gasteiger partial charge in [-0.2, -0.15) is 0 Å². The van der Waals surface area contributed by atoms with Crippen molar-refractivity contribution in [2.45, 2.75) is 42.0 Å². The fraction of sp³-hybridized carbons (Fsp3) is 0.217. The fourth-order valence-electron chi connectivity index (χ4n) is 3.32. The van der Waals surface area contributed by atoms with Crippen LogP contribution < -0.4 is 0 Å². The highest BCUT2D eigenvalue weighted by Gasteiger charge is 2.42. The molecule has 0 N–H and O–H groups in total. The van der Waals surface area contributed by atoms with Crippen LogP contribution in [0.4, 0.5) is 0 Å². The molecule has 0 aliphatic carbocycles. The van der Waals surface area contributed by atoms with Gasteiger partial charge in [0.1, 0.15) is 0 Å². The first-order chi connectivity index (χ1) is 14.4. The Balaban J connectivity index is 2.25. The molecule has 1 unspecified atom stereocenters. The molecular formula is C23H25NO4S2. The second kappa shape index (κ2) is 9.55. The monoisotopic (exact) mass is 443 g/mol. The molecular weight excluding hydrogens is 418 g/mol. The summed E-state index contributed by atoms with van der Waals surface area (Å²) in [5.74, 6) is 0. The molecule has 158 valence electrons. The van der Waals surface area contributed by atoms with Crippen molar-refractivity contribution in [1.82, 2.24) is 3.71 Å². The Morgan fingerprint density at radius 2 is 1.07 bits per heavy atom. The average molecular weight is 444 g/mol. The second-order valence-corrected chi connectivity index (χ2v) is 10.8. The lowest BCUT2D eigenvalue weighted by Crippen LogP contribution is -2.40.